The molecule has 1 fully saturated rings. The van der Waals surface area contributed by atoms with Crippen LogP contribution in [-0.4, -0.2) is 58.4 Å². The van der Waals surface area contributed by atoms with Crippen molar-refractivity contribution < 1.29 is 28.2 Å². The van der Waals surface area contributed by atoms with E-state index in [1.165, 1.54) is 0 Å². The maximum Gasteiger partial charge on any atom is 0.303 e. The van der Waals surface area contributed by atoms with E-state index in [9.17, 15) is 4.79 Å². The van der Waals surface area contributed by atoms with Crippen LogP contribution in [0.1, 0.15) is 87.5 Å². The van der Waals surface area contributed by atoms with Crippen molar-refractivity contribution in [2.24, 2.45) is 0 Å². The Balaban J connectivity index is 2.97. The van der Waals surface area contributed by atoms with E-state index in [1.807, 2.05) is 6.92 Å². The third kappa shape index (κ3) is 9.37. The van der Waals surface area contributed by atoms with Crippen LogP contribution in [0.4, 0.5) is 0 Å². The Morgan fingerprint density at radius 2 is 1.45 bits per heavy atom. The highest BCUT2D eigenvalue weighted by Gasteiger charge is 2.48. The van der Waals surface area contributed by atoms with Gasteiger partial charge in [0.1, 0.15) is 0 Å². The molecule has 5 atom stereocenters. The Labute approximate surface area is 205 Å². The zero-order valence-corrected chi connectivity index (χ0v) is 25.4. The first-order valence-electron chi connectivity index (χ1n) is 12.6. The van der Waals surface area contributed by atoms with Gasteiger partial charge in [-0.2, -0.15) is 0 Å². The monoisotopic (exact) mass is 504 g/mol. The van der Waals surface area contributed by atoms with Crippen molar-refractivity contribution in [3.05, 3.63) is 0 Å². The SMILES string of the molecule is C[C@H](CCCCC(=O)O)O[C@@H]1O[C@@H](C)[C@H](O[Si](C)(C)C(C)(C)C)C[C@H]1O[Si](C)(C)C(C)(C)C. The fourth-order valence-corrected chi connectivity index (χ4v) is 6.12. The van der Waals surface area contributed by atoms with Crippen LogP contribution in [0.15, 0.2) is 0 Å². The molecule has 0 spiro atoms. The third-order valence-corrected chi connectivity index (χ3v) is 16.8. The minimum Gasteiger partial charge on any atom is -0.481 e. The van der Waals surface area contributed by atoms with Gasteiger partial charge in [-0.15, -0.1) is 0 Å². The molecule has 0 bridgehead atoms. The summed E-state index contributed by atoms with van der Waals surface area (Å²) in [6.07, 6.45) is 2.49. The van der Waals surface area contributed by atoms with Crippen molar-refractivity contribution >= 4 is 22.6 Å². The van der Waals surface area contributed by atoms with E-state index < -0.39 is 28.9 Å². The normalized spacial score (nSPS) is 26.3. The first-order valence-corrected chi connectivity index (χ1v) is 18.5. The highest BCUT2D eigenvalue weighted by molar-refractivity contribution is 6.74. The Morgan fingerprint density at radius 3 is 1.91 bits per heavy atom. The fourth-order valence-electron chi connectivity index (χ4n) is 3.40. The Bertz CT molecular complexity index is 623. The molecule has 1 rings (SSSR count). The van der Waals surface area contributed by atoms with Crippen molar-refractivity contribution in [3.63, 3.8) is 0 Å². The predicted molar refractivity (Wildman–Crippen MR) is 140 cm³/mol. The van der Waals surface area contributed by atoms with Gasteiger partial charge >= 0.3 is 5.97 Å². The lowest BCUT2D eigenvalue weighted by Crippen LogP contribution is -2.57. The molecule has 1 N–H and O–H groups in total. The summed E-state index contributed by atoms with van der Waals surface area (Å²) < 4.78 is 26.4. The number of aliphatic carboxylic acids is 1. The number of unbranched alkanes of at least 4 members (excludes halogenated alkanes) is 1. The maximum atomic E-state index is 10.8. The van der Waals surface area contributed by atoms with E-state index in [0.29, 0.717) is 6.42 Å². The lowest BCUT2D eigenvalue weighted by molar-refractivity contribution is -0.268. The summed E-state index contributed by atoms with van der Waals surface area (Å²) in [6.45, 7) is 26.7. The number of carboxylic acids is 1. The number of carboxylic acid groups (broad SMARTS) is 1. The second-order valence-corrected chi connectivity index (χ2v) is 22.4. The summed E-state index contributed by atoms with van der Waals surface area (Å²) in [6, 6.07) is 0. The number of ether oxygens (including phenoxy) is 2. The molecule has 1 saturated heterocycles. The Kier molecular flexibility index (Phi) is 10.9. The molecule has 0 aromatic carbocycles. The zero-order valence-electron chi connectivity index (χ0n) is 23.4. The number of carbonyl (C=O) groups is 1. The number of hydrogen-bond acceptors (Lipinski definition) is 5. The van der Waals surface area contributed by atoms with Gasteiger partial charge in [-0.05, 0) is 63.0 Å². The molecule has 0 aliphatic carbocycles. The van der Waals surface area contributed by atoms with Gasteiger partial charge < -0.3 is 23.4 Å². The molecule has 0 aromatic heterocycles. The Morgan fingerprint density at radius 1 is 0.970 bits per heavy atom. The minimum atomic E-state index is -2.05. The van der Waals surface area contributed by atoms with Crippen molar-refractivity contribution in [3.8, 4) is 0 Å². The molecule has 8 heteroatoms. The smallest absolute Gasteiger partial charge is 0.303 e. The van der Waals surface area contributed by atoms with Crippen LogP contribution >= 0.6 is 0 Å². The molecule has 1 heterocycles. The summed E-state index contributed by atoms with van der Waals surface area (Å²) in [5.41, 5.74) is 0. The van der Waals surface area contributed by atoms with Gasteiger partial charge in [0.15, 0.2) is 22.9 Å². The van der Waals surface area contributed by atoms with E-state index in [-0.39, 0.29) is 40.9 Å². The third-order valence-electron chi connectivity index (χ3n) is 7.76. The second-order valence-electron chi connectivity index (χ2n) is 12.9. The quantitative estimate of drug-likeness (QED) is 0.242. The summed E-state index contributed by atoms with van der Waals surface area (Å²) in [7, 11) is -4.00. The van der Waals surface area contributed by atoms with Gasteiger partial charge in [-0.25, -0.2) is 0 Å². The largest absolute Gasteiger partial charge is 0.481 e. The zero-order chi connectivity index (χ0) is 25.8. The molecular formula is C25H52O6Si2. The van der Waals surface area contributed by atoms with Crippen LogP contribution in [0.2, 0.25) is 36.3 Å². The lowest BCUT2D eigenvalue weighted by Gasteiger charge is -2.48. The van der Waals surface area contributed by atoms with Gasteiger partial charge in [0.25, 0.3) is 0 Å². The molecule has 0 amide bonds. The standard InChI is InChI=1S/C25H52O6Si2/c1-18(15-13-14-16-22(26)27)28-23-21(31-33(11,12)25(6,7)8)17-20(19(2)29-23)30-32(9,10)24(3,4)5/h18-21,23H,13-17H2,1-12H3,(H,26,27)/t18-,19+,20-,21-,23-/m1/s1. The van der Waals surface area contributed by atoms with Crippen molar-refractivity contribution in [1.29, 1.82) is 0 Å². The topological polar surface area (TPSA) is 74.2 Å². The molecule has 0 saturated carbocycles. The molecule has 6 nitrogen and oxygen atoms in total. The van der Waals surface area contributed by atoms with E-state index >= 15 is 0 Å². The minimum absolute atomic E-state index is 0.0219. The highest BCUT2D eigenvalue weighted by atomic mass is 28.4. The summed E-state index contributed by atoms with van der Waals surface area (Å²) in [4.78, 5) is 10.8. The van der Waals surface area contributed by atoms with Crippen molar-refractivity contribution in [2.75, 3.05) is 0 Å². The molecule has 33 heavy (non-hydrogen) atoms. The number of hydrogen-bond donors (Lipinski definition) is 1. The van der Waals surface area contributed by atoms with Crippen molar-refractivity contribution in [2.45, 2.75) is 154 Å². The molecule has 1 aliphatic rings. The predicted octanol–water partition coefficient (Wildman–Crippen LogP) is 6.95. The van der Waals surface area contributed by atoms with Gasteiger partial charge in [0, 0.05) is 12.8 Å². The van der Waals surface area contributed by atoms with Crippen LogP contribution in [0.5, 0.6) is 0 Å². The lowest BCUT2D eigenvalue weighted by atomic mass is 10.0. The first-order chi connectivity index (χ1) is 14.8. The summed E-state index contributed by atoms with van der Waals surface area (Å²) in [5, 5.41) is 9.07. The average molecular weight is 505 g/mol. The summed E-state index contributed by atoms with van der Waals surface area (Å²) >= 11 is 0. The molecule has 0 unspecified atom stereocenters. The maximum absolute atomic E-state index is 10.8. The van der Waals surface area contributed by atoms with Crippen LogP contribution in [0, 0.1) is 0 Å². The fraction of sp³-hybridized carbons (Fsp3) is 0.960. The van der Waals surface area contributed by atoms with Crippen LogP contribution < -0.4 is 0 Å². The molecule has 0 radical (unpaired) electrons. The van der Waals surface area contributed by atoms with Crippen LogP contribution in [-0.2, 0) is 23.1 Å². The highest BCUT2D eigenvalue weighted by Crippen LogP contribution is 2.42. The Hall–Kier alpha value is -0.256. The second kappa shape index (κ2) is 11.7. The van der Waals surface area contributed by atoms with Gasteiger partial charge in [0.05, 0.1) is 24.4 Å². The van der Waals surface area contributed by atoms with Crippen LogP contribution in [0.3, 0.4) is 0 Å². The number of rotatable bonds is 11. The van der Waals surface area contributed by atoms with E-state index in [0.717, 1.165) is 19.3 Å². The molecular weight excluding hydrogens is 452 g/mol. The van der Waals surface area contributed by atoms with Crippen LogP contribution in [0.25, 0.3) is 0 Å². The van der Waals surface area contributed by atoms with Gasteiger partial charge in [-0.3, -0.25) is 4.79 Å². The molecule has 196 valence electrons. The van der Waals surface area contributed by atoms with E-state index in [4.69, 9.17) is 23.4 Å². The van der Waals surface area contributed by atoms with Crippen molar-refractivity contribution in [1.82, 2.24) is 0 Å². The van der Waals surface area contributed by atoms with E-state index in [2.05, 4.69) is 74.7 Å². The first kappa shape index (κ1) is 30.8. The molecule has 1 aliphatic heterocycles. The van der Waals surface area contributed by atoms with Gasteiger partial charge in [0.2, 0.25) is 0 Å². The average Bonchev–Trinajstić information content (AvgIpc) is 2.60. The van der Waals surface area contributed by atoms with Gasteiger partial charge in [-0.1, -0.05) is 48.0 Å². The van der Waals surface area contributed by atoms with E-state index in [1.54, 1.807) is 0 Å². The molecule has 0 aromatic rings. The summed E-state index contributed by atoms with van der Waals surface area (Å²) in [5.74, 6) is -0.747.